The van der Waals surface area contributed by atoms with Crippen LogP contribution >= 0.6 is 0 Å². The summed E-state index contributed by atoms with van der Waals surface area (Å²) in [5.74, 6) is -1.55. The number of aliphatic carboxylic acids is 1. The van der Waals surface area contributed by atoms with Gasteiger partial charge in [0.05, 0.1) is 12.0 Å². The van der Waals surface area contributed by atoms with Gasteiger partial charge in [-0.1, -0.05) is 74.8 Å². The van der Waals surface area contributed by atoms with E-state index in [1.807, 2.05) is 36.5 Å². The fraction of sp³-hybridized carbons (Fsp3) is 0.565. The monoisotopic (exact) mass is 406 g/mol. The first-order valence-corrected chi connectivity index (χ1v) is 10.4. The first kappa shape index (κ1) is 26.8. The van der Waals surface area contributed by atoms with E-state index >= 15 is 0 Å². The average Bonchev–Trinajstić information content (AvgIpc) is 2.69. The maximum Gasteiger partial charge on any atom is 0.220 e. The molecule has 0 aliphatic rings. The lowest BCUT2D eigenvalue weighted by molar-refractivity contribution is -0.307. The van der Waals surface area contributed by atoms with E-state index in [1.165, 1.54) is 6.92 Å². The number of rotatable bonds is 17. The molecule has 0 spiro atoms. The second kappa shape index (κ2) is 19.2. The Labute approximate surface area is 175 Å². The molecule has 0 saturated carbocycles. The third-order valence-electron chi connectivity index (χ3n) is 4.18. The van der Waals surface area contributed by atoms with Crippen LogP contribution in [-0.2, 0) is 14.5 Å². The van der Waals surface area contributed by atoms with E-state index < -0.39 is 12.0 Å². The number of carboxylic acids is 1. The Balaban J connectivity index is 3.77. The number of unbranched alkanes of at least 4 members (excludes halogenated alkanes) is 3. The number of carbonyl (C=O) groups excluding carboxylic acids is 2. The van der Waals surface area contributed by atoms with Crippen LogP contribution in [0.2, 0.25) is 0 Å². The smallest absolute Gasteiger partial charge is 0.220 e. The van der Waals surface area contributed by atoms with Crippen LogP contribution in [0, 0.1) is 0 Å². The van der Waals surface area contributed by atoms with Gasteiger partial charge in [-0.2, -0.15) is 0 Å². The number of hydrogen-bond donors (Lipinski definition) is 2. The van der Waals surface area contributed by atoms with Crippen LogP contribution in [-0.4, -0.2) is 29.3 Å². The molecule has 0 aliphatic carbocycles. The average molecular weight is 407 g/mol. The number of carbonyl (C=O) groups is 2. The summed E-state index contributed by atoms with van der Waals surface area (Å²) < 4.78 is 0. The van der Waals surface area contributed by atoms with E-state index in [0.29, 0.717) is 12.8 Å². The van der Waals surface area contributed by atoms with Crippen molar-refractivity contribution in [3.05, 3.63) is 48.6 Å². The highest BCUT2D eigenvalue weighted by Gasteiger charge is 2.06. The number of amides is 1. The zero-order valence-corrected chi connectivity index (χ0v) is 17.7. The van der Waals surface area contributed by atoms with Crippen molar-refractivity contribution in [2.45, 2.75) is 83.8 Å². The fourth-order valence-electron chi connectivity index (χ4n) is 2.44. The van der Waals surface area contributed by atoms with E-state index in [9.17, 15) is 14.7 Å². The van der Waals surface area contributed by atoms with Crippen LogP contribution < -0.4 is 10.4 Å². The number of nitrogens with one attached hydrogen (secondary N) is 1. The zero-order chi connectivity index (χ0) is 21.7. The summed E-state index contributed by atoms with van der Waals surface area (Å²) in [7, 11) is 0. The predicted octanol–water partition coefficient (Wildman–Crippen LogP) is 3.85. The number of allylic oxidation sites excluding steroid dienone is 7. The van der Waals surface area contributed by atoms with Gasteiger partial charge < -0.3 is 15.2 Å². The predicted molar refractivity (Wildman–Crippen MR) is 114 cm³/mol. The van der Waals surface area contributed by atoms with Crippen molar-refractivity contribution in [3.63, 3.8) is 0 Å². The molecule has 0 rings (SSSR count). The molecule has 0 bridgehead atoms. The highest BCUT2D eigenvalue weighted by Crippen LogP contribution is 2.07. The molecule has 6 nitrogen and oxygen atoms in total. The maximum absolute atomic E-state index is 11.5. The topological polar surface area (TPSA) is 98.7 Å². The van der Waals surface area contributed by atoms with Crippen molar-refractivity contribution in [1.82, 2.24) is 5.32 Å². The number of hydrogen-bond acceptors (Lipinski definition) is 5. The van der Waals surface area contributed by atoms with Gasteiger partial charge in [-0.3, -0.25) is 10.1 Å². The molecule has 0 saturated heterocycles. The van der Waals surface area contributed by atoms with E-state index in [-0.39, 0.29) is 12.0 Å². The second-order valence-corrected chi connectivity index (χ2v) is 6.87. The van der Waals surface area contributed by atoms with Crippen LogP contribution in [0.5, 0.6) is 0 Å². The molecule has 0 aromatic rings. The van der Waals surface area contributed by atoms with Crippen LogP contribution in [0.15, 0.2) is 48.6 Å². The lowest BCUT2D eigenvalue weighted by Gasteiger charge is -2.14. The highest BCUT2D eigenvalue weighted by molar-refractivity contribution is 5.82. The molecule has 0 unspecified atom stereocenters. The third kappa shape index (κ3) is 17.6. The minimum atomic E-state index is -1.28. The van der Waals surface area contributed by atoms with Crippen LogP contribution in [0.1, 0.15) is 71.6 Å². The summed E-state index contributed by atoms with van der Waals surface area (Å²) in [6.07, 6.45) is 23.3. The van der Waals surface area contributed by atoms with Gasteiger partial charge in [0.15, 0.2) is 0 Å². The van der Waals surface area contributed by atoms with E-state index in [2.05, 4.69) is 29.3 Å². The molecule has 0 aromatic carbocycles. The molecule has 6 heteroatoms. The van der Waals surface area contributed by atoms with E-state index in [4.69, 9.17) is 5.26 Å². The fourth-order valence-corrected chi connectivity index (χ4v) is 2.44. The Morgan fingerprint density at radius 2 is 1.72 bits per heavy atom. The van der Waals surface area contributed by atoms with Gasteiger partial charge in [0.1, 0.15) is 6.10 Å². The molecule has 0 radical (unpaired) electrons. The molecule has 0 aliphatic heterocycles. The number of carboxylic acid groups (broad SMARTS) is 1. The van der Waals surface area contributed by atoms with Crippen molar-refractivity contribution >= 4 is 11.9 Å². The van der Waals surface area contributed by atoms with Gasteiger partial charge in [0, 0.05) is 6.42 Å². The Hall–Kier alpha value is -2.18. The van der Waals surface area contributed by atoms with Gasteiger partial charge in [-0.15, -0.1) is 0 Å². The normalized spacial score (nSPS) is 14.3. The Kier molecular flexibility index (Phi) is 17.7. The minimum Gasteiger partial charge on any atom is -0.548 e. The quantitative estimate of drug-likeness (QED) is 0.126. The van der Waals surface area contributed by atoms with E-state index in [1.54, 1.807) is 0 Å². The van der Waals surface area contributed by atoms with Gasteiger partial charge in [-0.05, 0) is 39.0 Å². The molecule has 0 fully saturated rings. The summed E-state index contributed by atoms with van der Waals surface area (Å²) in [6, 6.07) is -0.956. The summed E-state index contributed by atoms with van der Waals surface area (Å²) in [5.41, 5.74) is 0. The summed E-state index contributed by atoms with van der Waals surface area (Å²) in [4.78, 5) is 26.5. The van der Waals surface area contributed by atoms with Crippen molar-refractivity contribution in [1.29, 1.82) is 0 Å². The van der Waals surface area contributed by atoms with Crippen LogP contribution in [0.3, 0.4) is 0 Å². The molecule has 29 heavy (non-hydrogen) atoms. The Morgan fingerprint density at radius 1 is 1.03 bits per heavy atom. The third-order valence-corrected chi connectivity index (χ3v) is 4.18. The summed E-state index contributed by atoms with van der Waals surface area (Å²) in [6.45, 7) is 3.53. The molecular weight excluding hydrogens is 370 g/mol. The van der Waals surface area contributed by atoms with Crippen molar-refractivity contribution in [2.24, 2.45) is 0 Å². The van der Waals surface area contributed by atoms with Crippen LogP contribution in [0.4, 0.5) is 0 Å². The Morgan fingerprint density at radius 3 is 2.38 bits per heavy atom. The van der Waals surface area contributed by atoms with Crippen molar-refractivity contribution in [2.75, 3.05) is 0 Å². The zero-order valence-electron chi connectivity index (χ0n) is 17.7. The SMILES string of the molecule is CCCCC[C@@H](/C=C/C=C\C/C=C\C/C=C\CCCC(=O)N[C@@H](C)C(=O)[O-])OO. The van der Waals surface area contributed by atoms with Gasteiger partial charge in [0.2, 0.25) is 5.91 Å². The molecule has 164 valence electrons. The summed E-state index contributed by atoms with van der Waals surface area (Å²) in [5, 5.41) is 21.7. The standard InChI is InChI=1S/C23H37NO5/c1-3-4-14-17-21(29-28)18-15-12-10-8-6-5-7-9-11-13-16-19-22(25)24-20(2)23(26)27/h5-6,9-12,15,18,20-21,28H,3-4,7-8,13-14,16-17,19H2,1-2H3,(H,24,25)(H,26,27)/p-1/b6-5-,11-9-,12-10-,18-15+/t20-,21-/m0/s1. The maximum atomic E-state index is 11.5. The molecule has 0 heterocycles. The lowest BCUT2D eigenvalue weighted by atomic mass is 10.1. The summed E-state index contributed by atoms with van der Waals surface area (Å²) >= 11 is 0. The van der Waals surface area contributed by atoms with Gasteiger partial charge in [0.25, 0.3) is 0 Å². The van der Waals surface area contributed by atoms with Gasteiger partial charge in [-0.25, -0.2) is 4.89 Å². The molecule has 2 atom stereocenters. The second-order valence-electron chi connectivity index (χ2n) is 6.87. The largest absolute Gasteiger partial charge is 0.548 e. The molecule has 0 aromatic heterocycles. The minimum absolute atomic E-state index is 0.240. The van der Waals surface area contributed by atoms with Crippen LogP contribution in [0.25, 0.3) is 0 Å². The first-order chi connectivity index (χ1) is 14.0. The van der Waals surface area contributed by atoms with Crippen molar-refractivity contribution in [3.8, 4) is 0 Å². The molecular formula is C23H36NO5-. The highest BCUT2D eigenvalue weighted by atomic mass is 17.1. The molecule has 2 N–H and O–H groups in total. The van der Waals surface area contributed by atoms with Crippen molar-refractivity contribution < 1.29 is 24.8 Å². The Bertz CT molecular complexity index is 551. The lowest BCUT2D eigenvalue weighted by Crippen LogP contribution is -2.45. The van der Waals surface area contributed by atoms with Gasteiger partial charge >= 0.3 is 0 Å². The molecule has 1 amide bonds. The first-order valence-electron chi connectivity index (χ1n) is 10.4. The van der Waals surface area contributed by atoms with E-state index in [0.717, 1.165) is 44.9 Å².